The number of para-hydroxylation sites is 2. The van der Waals surface area contributed by atoms with Gasteiger partial charge in [0.25, 0.3) is 0 Å². The highest BCUT2D eigenvalue weighted by Gasteiger charge is 2.16. The third-order valence-corrected chi connectivity index (χ3v) is 4.58. The molecule has 1 fully saturated rings. The standard InChI is InChI=1S/C17H23N3O/c1-20-15-9-5-4-8-14(15)19-16(20)12-18-17(21)11-10-13-6-2-3-7-13/h4-5,8-9,13H,2-3,6-7,10-12H2,1H3,(H,18,21). The number of amides is 1. The molecule has 0 atom stereocenters. The first-order valence-electron chi connectivity index (χ1n) is 7.91. The molecule has 2 aromatic rings. The number of nitrogens with zero attached hydrogens (tertiary/aromatic N) is 2. The molecule has 3 rings (SSSR count). The molecule has 0 saturated heterocycles. The molecule has 112 valence electrons. The van der Waals surface area contributed by atoms with Gasteiger partial charge in [0.2, 0.25) is 5.91 Å². The van der Waals surface area contributed by atoms with Gasteiger partial charge in [-0.2, -0.15) is 0 Å². The molecule has 1 aliphatic rings. The van der Waals surface area contributed by atoms with E-state index in [1.807, 2.05) is 35.9 Å². The van der Waals surface area contributed by atoms with E-state index in [0.29, 0.717) is 13.0 Å². The van der Waals surface area contributed by atoms with Crippen molar-refractivity contribution < 1.29 is 4.79 Å². The zero-order valence-corrected chi connectivity index (χ0v) is 12.6. The summed E-state index contributed by atoms with van der Waals surface area (Å²) in [6.45, 7) is 0.509. The summed E-state index contributed by atoms with van der Waals surface area (Å²) in [6.07, 6.45) is 6.97. The molecule has 0 unspecified atom stereocenters. The average Bonchev–Trinajstić information content (AvgIpc) is 3.12. The zero-order chi connectivity index (χ0) is 14.7. The average molecular weight is 285 g/mol. The van der Waals surface area contributed by atoms with E-state index < -0.39 is 0 Å². The Bertz CT molecular complexity index is 626. The molecule has 1 amide bonds. The first-order chi connectivity index (χ1) is 10.2. The SMILES string of the molecule is Cn1c(CNC(=O)CCC2CCCC2)nc2ccccc21. The van der Waals surface area contributed by atoms with Crippen molar-refractivity contribution in [2.24, 2.45) is 13.0 Å². The van der Waals surface area contributed by atoms with Crippen LogP contribution in [-0.2, 0) is 18.4 Å². The fraction of sp³-hybridized carbons (Fsp3) is 0.529. The van der Waals surface area contributed by atoms with Crippen LogP contribution in [0.5, 0.6) is 0 Å². The summed E-state index contributed by atoms with van der Waals surface area (Å²) in [7, 11) is 2.00. The number of hydrogen-bond acceptors (Lipinski definition) is 2. The Balaban J connectivity index is 1.53. The summed E-state index contributed by atoms with van der Waals surface area (Å²) >= 11 is 0. The lowest BCUT2D eigenvalue weighted by molar-refractivity contribution is -0.121. The third kappa shape index (κ3) is 3.26. The first-order valence-corrected chi connectivity index (χ1v) is 7.91. The van der Waals surface area contributed by atoms with E-state index in [2.05, 4.69) is 10.3 Å². The van der Waals surface area contributed by atoms with Crippen molar-refractivity contribution >= 4 is 16.9 Å². The summed E-state index contributed by atoms with van der Waals surface area (Å²) in [5, 5.41) is 3.00. The van der Waals surface area contributed by atoms with Crippen molar-refractivity contribution in [3.8, 4) is 0 Å². The zero-order valence-electron chi connectivity index (χ0n) is 12.6. The molecular weight excluding hydrogens is 262 g/mol. The highest BCUT2D eigenvalue weighted by molar-refractivity contribution is 5.77. The van der Waals surface area contributed by atoms with Crippen LogP contribution in [0.4, 0.5) is 0 Å². The molecule has 1 heterocycles. The normalized spacial score (nSPS) is 15.7. The summed E-state index contributed by atoms with van der Waals surface area (Å²) in [5.41, 5.74) is 2.09. The Labute approximate surface area is 125 Å². The lowest BCUT2D eigenvalue weighted by Crippen LogP contribution is -2.24. The van der Waals surface area contributed by atoms with E-state index in [-0.39, 0.29) is 5.91 Å². The number of aromatic nitrogens is 2. The Morgan fingerprint density at radius 2 is 2.10 bits per heavy atom. The van der Waals surface area contributed by atoms with Crippen molar-refractivity contribution in [2.45, 2.75) is 45.1 Å². The second-order valence-electron chi connectivity index (χ2n) is 6.04. The van der Waals surface area contributed by atoms with Gasteiger partial charge in [0, 0.05) is 13.5 Å². The second-order valence-corrected chi connectivity index (χ2v) is 6.04. The van der Waals surface area contributed by atoms with Gasteiger partial charge >= 0.3 is 0 Å². The van der Waals surface area contributed by atoms with Gasteiger partial charge in [-0.15, -0.1) is 0 Å². The number of carbonyl (C=O) groups is 1. The van der Waals surface area contributed by atoms with E-state index in [0.717, 1.165) is 29.2 Å². The molecule has 1 aliphatic carbocycles. The third-order valence-electron chi connectivity index (χ3n) is 4.58. The van der Waals surface area contributed by atoms with Gasteiger partial charge in [-0.25, -0.2) is 4.98 Å². The lowest BCUT2D eigenvalue weighted by Gasteiger charge is -2.09. The summed E-state index contributed by atoms with van der Waals surface area (Å²) in [6, 6.07) is 8.04. The molecule has 1 aromatic carbocycles. The molecular formula is C17H23N3O. The maximum Gasteiger partial charge on any atom is 0.220 e. The molecule has 21 heavy (non-hydrogen) atoms. The van der Waals surface area contributed by atoms with Crippen molar-refractivity contribution in [1.82, 2.24) is 14.9 Å². The number of aryl methyl sites for hydroxylation is 1. The van der Waals surface area contributed by atoms with Gasteiger partial charge in [0.05, 0.1) is 17.6 Å². The number of hydrogen-bond donors (Lipinski definition) is 1. The summed E-state index contributed by atoms with van der Waals surface area (Å²) in [5.74, 6) is 1.82. The van der Waals surface area contributed by atoms with Crippen LogP contribution in [0.15, 0.2) is 24.3 Å². The topological polar surface area (TPSA) is 46.9 Å². The minimum absolute atomic E-state index is 0.147. The first kappa shape index (κ1) is 14.1. The van der Waals surface area contributed by atoms with Crippen molar-refractivity contribution in [2.75, 3.05) is 0 Å². The van der Waals surface area contributed by atoms with Crippen LogP contribution in [0.3, 0.4) is 0 Å². The van der Waals surface area contributed by atoms with Gasteiger partial charge in [-0.05, 0) is 24.5 Å². The lowest BCUT2D eigenvalue weighted by atomic mass is 10.0. The Kier molecular flexibility index (Phi) is 4.23. The van der Waals surface area contributed by atoms with E-state index in [1.165, 1.54) is 25.7 Å². The molecule has 0 radical (unpaired) electrons. The van der Waals surface area contributed by atoms with Gasteiger partial charge in [0.1, 0.15) is 5.82 Å². The largest absolute Gasteiger partial charge is 0.349 e. The van der Waals surface area contributed by atoms with Gasteiger partial charge in [-0.1, -0.05) is 37.8 Å². The molecule has 4 nitrogen and oxygen atoms in total. The van der Waals surface area contributed by atoms with Gasteiger partial charge in [-0.3, -0.25) is 4.79 Å². The summed E-state index contributed by atoms with van der Waals surface area (Å²) < 4.78 is 2.05. The fourth-order valence-electron chi connectivity index (χ4n) is 3.25. The van der Waals surface area contributed by atoms with Crippen molar-refractivity contribution in [3.63, 3.8) is 0 Å². The minimum Gasteiger partial charge on any atom is -0.349 e. The Morgan fingerprint density at radius 1 is 1.33 bits per heavy atom. The number of fused-ring (bicyclic) bond motifs is 1. The molecule has 1 aromatic heterocycles. The fourth-order valence-corrected chi connectivity index (χ4v) is 3.25. The molecule has 0 bridgehead atoms. The van der Waals surface area contributed by atoms with Crippen LogP contribution in [0.2, 0.25) is 0 Å². The molecule has 1 N–H and O–H groups in total. The van der Waals surface area contributed by atoms with Crippen LogP contribution in [-0.4, -0.2) is 15.5 Å². The highest BCUT2D eigenvalue weighted by Crippen LogP contribution is 2.28. The predicted octanol–water partition coefficient (Wildman–Crippen LogP) is 3.16. The van der Waals surface area contributed by atoms with E-state index in [4.69, 9.17) is 0 Å². The minimum atomic E-state index is 0.147. The number of rotatable bonds is 5. The Morgan fingerprint density at radius 3 is 2.86 bits per heavy atom. The number of imidazole rings is 1. The van der Waals surface area contributed by atoms with Crippen molar-refractivity contribution in [3.05, 3.63) is 30.1 Å². The summed E-state index contributed by atoms with van der Waals surface area (Å²) in [4.78, 5) is 16.5. The van der Waals surface area contributed by atoms with E-state index in [1.54, 1.807) is 0 Å². The maximum absolute atomic E-state index is 12.0. The molecule has 4 heteroatoms. The second kappa shape index (κ2) is 6.29. The van der Waals surface area contributed by atoms with E-state index >= 15 is 0 Å². The van der Waals surface area contributed by atoms with Crippen LogP contribution in [0.25, 0.3) is 11.0 Å². The monoisotopic (exact) mass is 285 g/mol. The number of benzene rings is 1. The maximum atomic E-state index is 12.0. The van der Waals surface area contributed by atoms with Crippen LogP contribution in [0, 0.1) is 5.92 Å². The van der Waals surface area contributed by atoms with Crippen LogP contribution >= 0.6 is 0 Å². The van der Waals surface area contributed by atoms with Crippen LogP contribution in [0.1, 0.15) is 44.3 Å². The van der Waals surface area contributed by atoms with Gasteiger partial charge in [0.15, 0.2) is 0 Å². The molecule has 1 saturated carbocycles. The Hall–Kier alpha value is -1.84. The van der Waals surface area contributed by atoms with Crippen molar-refractivity contribution in [1.29, 1.82) is 0 Å². The smallest absolute Gasteiger partial charge is 0.220 e. The number of nitrogens with one attached hydrogen (secondary N) is 1. The predicted molar refractivity (Wildman–Crippen MR) is 83.8 cm³/mol. The van der Waals surface area contributed by atoms with Gasteiger partial charge < -0.3 is 9.88 Å². The molecule has 0 spiro atoms. The highest BCUT2D eigenvalue weighted by atomic mass is 16.1. The quantitative estimate of drug-likeness (QED) is 0.917. The van der Waals surface area contributed by atoms with Crippen LogP contribution < -0.4 is 5.32 Å². The molecule has 0 aliphatic heterocycles. The number of carbonyl (C=O) groups excluding carboxylic acids is 1. The van der Waals surface area contributed by atoms with E-state index in [9.17, 15) is 4.79 Å².